The lowest BCUT2D eigenvalue weighted by Gasteiger charge is -2.09. The summed E-state index contributed by atoms with van der Waals surface area (Å²) in [7, 11) is 0. The second-order valence-electron chi connectivity index (χ2n) is 5.11. The van der Waals surface area contributed by atoms with E-state index in [9.17, 15) is 9.59 Å². The van der Waals surface area contributed by atoms with E-state index in [0.29, 0.717) is 16.8 Å². The van der Waals surface area contributed by atoms with Crippen LogP contribution in [-0.4, -0.2) is 10.9 Å². The standard InChI is InChI=1S/C19H13N3O2/c20-12-13-5-4-8-15(11-13)22-19(24)17-16(9-10-21-18(17)23)14-6-2-1-3-7-14/h1-11H,(H,21,23)(H,22,24). The van der Waals surface area contributed by atoms with Gasteiger partial charge in [-0.05, 0) is 29.8 Å². The molecule has 3 rings (SSSR count). The van der Waals surface area contributed by atoms with E-state index in [4.69, 9.17) is 5.26 Å². The van der Waals surface area contributed by atoms with Crippen molar-refractivity contribution in [2.24, 2.45) is 0 Å². The Morgan fingerprint density at radius 3 is 2.58 bits per heavy atom. The highest BCUT2D eigenvalue weighted by molar-refractivity contribution is 6.08. The summed E-state index contributed by atoms with van der Waals surface area (Å²) >= 11 is 0. The van der Waals surface area contributed by atoms with Gasteiger partial charge < -0.3 is 10.3 Å². The fourth-order valence-corrected chi connectivity index (χ4v) is 2.42. The summed E-state index contributed by atoms with van der Waals surface area (Å²) in [5.41, 5.74) is 1.78. The molecule has 2 N–H and O–H groups in total. The van der Waals surface area contributed by atoms with Crippen LogP contribution in [0.25, 0.3) is 11.1 Å². The zero-order valence-electron chi connectivity index (χ0n) is 12.6. The molecular weight excluding hydrogens is 302 g/mol. The Morgan fingerprint density at radius 1 is 1.04 bits per heavy atom. The van der Waals surface area contributed by atoms with E-state index in [1.807, 2.05) is 36.4 Å². The van der Waals surface area contributed by atoms with E-state index in [1.54, 1.807) is 30.3 Å². The normalized spacial score (nSPS) is 9.96. The summed E-state index contributed by atoms with van der Waals surface area (Å²) in [5, 5.41) is 11.6. The van der Waals surface area contributed by atoms with Crippen LogP contribution in [0.2, 0.25) is 0 Å². The quantitative estimate of drug-likeness (QED) is 0.778. The van der Waals surface area contributed by atoms with Gasteiger partial charge in [0.15, 0.2) is 0 Å². The summed E-state index contributed by atoms with van der Waals surface area (Å²) < 4.78 is 0. The zero-order valence-corrected chi connectivity index (χ0v) is 12.6. The lowest BCUT2D eigenvalue weighted by atomic mass is 10.0. The average Bonchev–Trinajstić information content (AvgIpc) is 2.62. The summed E-state index contributed by atoms with van der Waals surface area (Å²) in [6.45, 7) is 0. The Labute approximate surface area is 138 Å². The second kappa shape index (κ2) is 6.63. The molecule has 0 bridgehead atoms. The van der Waals surface area contributed by atoms with Gasteiger partial charge in [0.1, 0.15) is 5.56 Å². The van der Waals surface area contributed by atoms with Crippen molar-refractivity contribution in [1.29, 1.82) is 5.26 Å². The minimum absolute atomic E-state index is 0.0334. The van der Waals surface area contributed by atoms with Gasteiger partial charge in [-0.3, -0.25) is 9.59 Å². The smallest absolute Gasteiger partial charge is 0.261 e. The van der Waals surface area contributed by atoms with Gasteiger partial charge in [0.05, 0.1) is 11.6 Å². The van der Waals surface area contributed by atoms with Crippen LogP contribution in [-0.2, 0) is 0 Å². The Kier molecular flexibility index (Phi) is 4.21. The van der Waals surface area contributed by atoms with Crippen molar-refractivity contribution in [3.8, 4) is 17.2 Å². The number of hydrogen-bond donors (Lipinski definition) is 2. The first kappa shape index (κ1) is 15.3. The molecule has 0 radical (unpaired) electrons. The molecule has 0 aliphatic rings. The number of aromatic nitrogens is 1. The van der Waals surface area contributed by atoms with E-state index in [-0.39, 0.29) is 5.56 Å². The lowest BCUT2D eigenvalue weighted by molar-refractivity contribution is 0.102. The van der Waals surface area contributed by atoms with Gasteiger partial charge in [-0.15, -0.1) is 0 Å². The summed E-state index contributed by atoms with van der Waals surface area (Å²) in [4.78, 5) is 27.3. The molecule has 0 unspecified atom stereocenters. The minimum atomic E-state index is -0.522. The molecular formula is C19H13N3O2. The molecule has 0 atom stereocenters. The maximum atomic E-state index is 12.6. The van der Waals surface area contributed by atoms with Crippen LogP contribution >= 0.6 is 0 Å². The number of anilines is 1. The molecule has 5 nitrogen and oxygen atoms in total. The van der Waals surface area contributed by atoms with Crippen molar-refractivity contribution < 1.29 is 4.79 Å². The number of carbonyl (C=O) groups excluding carboxylic acids is 1. The number of benzene rings is 2. The van der Waals surface area contributed by atoms with Gasteiger partial charge in [0.2, 0.25) is 0 Å². The van der Waals surface area contributed by atoms with E-state index >= 15 is 0 Å². The molecule has 0 aliphatic carbocycles. The highest BCUT2D eigenvalue weighted by atomic mass is 16.2. The van der Waals surface area contributed by atoms with Crippen molar-refractivity contribution >= 4 is 11.6 Å². The highest BCUT2D eigenvalue weighted by Crippen LogP contribution is 2.21. The monoisotopic (exact) mass is 315 g/mol. The Balaban J connectivity index is 2.01. The van der Waals surface area contributed by atoms with Crippen LogP contribution in [0.1, 0.15) is 15.9 Å². The number of amides is 1. The van der Waals surface area contributed by atoms with Gasteiger partial charge in [0, 0.05) is 17.4 Å². The van der Waals surface area contributed by atoms with Crippen molar-refractivity contribution in [3.63, 3.8) is 0 Å². The molecule has 0 saturated carbocycles. The molecule has 1 amide bonds. The van der Waals surface area contributed by atoms with Gasteiger partial charge in [0.25, 0.3) is 11.5 Å². The highest BCUT2D eigenvalue weighted by Gasteiger charge is 2.17. The third-order valence-electron chi connectivity index (χ3n) is 3.52. The molecule has 1 aromatic heterocycles. The average molecular weight is 315 g/mol. The number of pyridine rings is 1. The number of aromatic amines is 1. The van der Waals surface area contributed by atoms with Crippen LogP contribution in [0.4, 0.5) is 5.69 Å². The van der Waals surface area contributed by atoms with Gasteiger partial charge in [-0.25, -0.2) is 0 Å². The SMILES string of the molecule is N#Cc1cccc(NC(=O)c2c(-c3ccccc3)cc[nH]c2=O)c1. The van der Waals surface area contributed by atoms with Crippen molar-refractivity contribution in [2.45, 2.75) is 0 Å². The zero-order chi connectivity index (χ0) is 16.9. The summed E-state index contributed by atoms with van der Waals surface area (Å²) in [6, 6.07) is 19.4. The summed E-state index contributed by atoms with van der Waals surface area (Å²) in [6.07, 6.45) is 1.51. The van der Waals surface area contributed by atoms with Gasteiger partial charge >= 0.3 is 0 Å². The molecule has 0 aliphatic heterocycles. The first-order valence-corrected chi connectivity index (χ1v) is 7.27. The fourth-order valence-electron chi connectivity index (χ4n) is 2.42. The number of nitrogens with one attached hydrogen (secondary N) is 2. The van der Waals surface area contributed by atoms with Crippen LogP contribution in [0, 0.1) is 11.3 Å². The van der Waals surface area contributed by atoms with Crippen molar-refractivity contribution in [2.75, 3.05) is 5.32 Å². The molecule has 1 heterocycles. The van der Waals surface area contributed by atoms with Gasteiger partial charge in [-0.2, -0.15) is 5.26 Å². The number of nitrogens with zero attached hydrogens (tertiary/aromatic N) is 1. The van der Waals surface area contributed by atoms with Crippen LogP contribution in [0.15, 0.2) is 71.7 Å². The third kappa shape index (κ3) is 3.08. The molecule has 3 aromatic rings. The first-order chi connectivity index (χ1) is 11.7. The number of hydrogen-bond acceptors (Lipinski definition) is 3. The Hall–Kier alpha value is -3.65. The van der Waals surface area contributed by atoms with Crippen LogP contribution < -0.4 is 10.9 Å². The minimum Gasteiger partial charge on any atom is -0.328 e. The van der Waals surface area contributed by atoms with E-state index in [1.165, 1.54) is 6.20 Å². The van der Waals surface area contributed by atoms with E-state index in [0.717, 1.165) is 5.56 Å². The van der Waals surface area contributed by atoms with Crippen LogP contribution in [0.3, 0.4) is 0 Å². The largest absolute Gasteiger partial charge is 0.328 e. The number of H-pyrrole nitrogens is 1. The maximum Gasteiger partial charge on any atom is 0.261 e. The molecule has 116 valence electrons. The van der Waals surface area contributed by atoms with Crippen LogP contribution in [0.5, 0.6) is 0 Å². The molecule has 0 fully saturated rings. The molecule has 0 spiro atoms. The van der Waals surface area contributed by atoms with E-state index < -0.39 is 11.5 Å². The molecule has 24 heavy (non-hydrogen) atoms. The Morgan fingerprint density at radius 2 is 1.83 bits per heavy atom. The number of rotatable bonds is 3. The predicted octanol–water partition coefficient (Wildman–Crippen LogP) is 3.17. The van der Waals surface area contributed by atoms with Crippen molar-refractivity contribution in [1.82, 2.24) is 4.98 Å². The first-order valence-electron chi connectivity index (χ1n) is 7.27. The topological polar surface area (TPSA) is 85.8 Å². The number of carbonyl (C=O) groups is 1. The molecule has 0 saturated heterocycles. The lowest BCUT2D eigenvalue weighted by Crippen LogP contribution is -2.24. The third-order valence-corrected chi connectivity index (χ3v) is 3.52. The number of nitriles is 1. The molecule has 5 heteroatoms. The second-order valence-corrected chi connectivity index (χ2v) is 5.11. The molecule has 2 aromatic carbocycles. The summed E-state index contributed by atoms with van der Waals surface area (Å²) in [5.74, 6) is -0.522. The van der Waals surface area contributed by atoms with E-state index in [2.05, 4.69) is 10.3 Å². The van der Waals surface area contributed by atoms with Crippen molar-refractivity contribution in [3.05, 3.63) is 88.3 Å². The maximum absolute atomic E-state index is 12.6. The fraction of sp³-hybridized carbons (Fsp3) is 0. The van der Waals surface area contributed by atoms with Gasteiger partial charge in [-0.1, -0.05) is 36.4 Å². The Bertz CT molecular complexity index is 985. The predicted molar refractivity (Wildman–Crippen MR) is 91.6 cm³/mol.